The van der Waals surface area contributed by atoms with Gasteiger partial charge in [-0.25, -0.2) is 0 Å². The molecule has 2 nitrogen and oxygen atoms in total. The summed E-state index contributed by atoms with van der Waals surface area (Å²) < 4.78 is 5.28. The largest absolute Gasteiger partial charge is 0.495 e. The predicted octanol–water partition coefficient (Wildman–Crippen LogP) is 3.96. The zero-order valence-electron chi connectivity index (χ0n) is 11.6. The van der Waals surface area contributed by atoms with Gasteiger partial charge in [-0.05, 0) is 41.0 Å². The fourth-order valence-corrected chi connectivity index (χ4v) is 3.19. The molecule has 0 saturated carbocycles. The Hall–Kier alpha value is -1.32. The van der Waals surface area contributed by atoms with Crippen LogP contribution in [-0.2, 0) is 12.8 Å². The van der Waals surface area contributed by atoms with Crippen LogP contribution in [-0.4, -0.2) is 12.2 Å². The van der Waals surface area contributed by atoms with Gasteiger partial charge in [0.1, 0.15) is 11.9 Å². The van der Waals surface area contributed by atoms with Crippen molar-refractivity contribution in [1.29, 1.82) is 0 Å². The molecule has 0 aliphatic heterocycles. The fraction of sp³-hybridized carbons (Fsp3) is 0.375. The van der Waals surface area contributed by atoms with Crippen molar-refractivity contribution in [3.63, 3.8) is 0 Å². The highest BCUT2D eigenvalue weighted by atomic mass is 32.1. The van der Waals surface area contributed by atoms with Crippen LogP contribution < -0.4 is 4.74 Å². The first kappa shape index (κ1) is 14.1. The van der Waals surface area contributed by atoms with Crippen LogP contribution in [0.5, 0.6) is 5.75 Å². The molecule has 1 atom stereocenters. The highest BCUT2D eigenvalue weighted by Gasteiger charge is 2.17. The Bertz CT molecular complexity index is 545. The van der Waals surface area contributed by atoms with Crippen LogP contribution in [0.1, 0.15) is 41.5 Å². The average molecular weight is 276 g/mol. The molecule has 0 fully saturated rings. The topological polar surface area (TPSA) is 29.5 Å². The van der Waals surface area contributed by atoms with Crippen molar-refractivity contribution in [2.75, 3.05) is 7.11 Å². The maximum Gasteiger partial charge on any atom is 0.135 e. The van der Waals surface area contributed by atoms with Crippen LogP contribution >= 0.6 is 11.3 Å². The van der Waals surface area contributed by atoms with E-state index in [0.717, 1.165) is 29.0 Å². The molecule has 1 aromatic carbocycles. The lowest BCUT2D eigenvalue weighted by atomic mass is 9.97. The van der Waals surface area contributed by atoms with Crippen LogP contribution in [0.25, 0.3) is 0 Å². The molecule has 2 rings (SSSR count). The van der Waals surface area contributed by atoms with E-state index in [9.17, 15) is 5.11 Å². The van der Waals surface area contributed by atoms with Gasteiger partial charge < -0.3 is 9.84 Å². The summed E-state index contributed by atoms with van der Waals surface area (Å²) in [4.78, 5) is 0.869. The molecule has 1 unspecified atom stereocenters. The minimum absolute atomic E-state index is 0.605. The Morgan fingerprint density at radius 1 is 1.16 bits per heavy atom. The van der Waals surface area contributed by atoms with Crippen LogP contribution in [0.3, 0.4) is 0 Å². The smallest absolute Gasteiger partial charge is 0.135 e. The molecule has 2 aromatic rings. The third-order valence-corrected chi connectivity index (χ3v) is 4.38. The van der Waals surface area contributed by atoms with E-state index < -0.39 is 6.10 Å². The molecule has 19 heavy (non-hydrogen) atoms. The average Bonchev–Trinajstić information content (AvgIpc) is 2.94. The zero-order chi connectivity index (χ0) is 13.8. The van der Waals surface area contributed by atoms with E-state index in [1.54, 1.807) is 7.11 Å². The SMILES string of the molecule is CCc1ccc(C(O)c2sccc2OC)cc1CC. The second kappa shape index (κ2) is 6.22. The van der Waals surface area contributed by atoms with E-state index in [4.69, 9.17) is 4.74 Å². The minimum atomic E-state index is -0.605. The summed E-state index contributed by atoms with van der Waals surface area (Å²) in [7, 11) is 1.63. The Balaban J connectivity index is 2.36. The second-order valence-electron chi connectivity index (χ2n) is 4.49. The number of aliphatic hydroxyl groups excluding tert-OH is 1. The molecule has 102 valence electrons. The number of hydrogen-bond donors (Lipinski definition) is 1. The van der Waals surface area contributed by atoms with E-state index in [1.165, 1.54) is 22.5 Å². The number of thiophene rings is 1. The molecule has 0 aliphatic rings. The molecule has 0 spiro atoms. The molecule has 3 heteroatoms. The van der Waals surface area contributed by atoms with Gasteiger partial charge in [0.05, 0.1) is 12.0 Å². The number of methoxy groups -OCH3 is 1. The summed E-state index contributed by atoms with van der Waals surface area (Å²) in [5, 5.41) is 12.4. The van der Waals surface area contributed by atoms with Crippen molar-refractivity contribution in [1.82, 2.24) is 0 Å². The van der Waals surface area contributed by atoms with Gasteiger partial charge in [0.2, 0.25) is 0 Å². The van der Waals surface area contributed by atoms with Crippen molar-refractivity contribution in [3.8, 4) is 5.75 Å². The monoisotopic (exact) mass is 276 g/mol. The van der Waals surface area contributed by atoms with Crippen molar-refractivity contribution in [2.24, 2.45) is 0 Å². The van der Waals surface area contributed by atoms with Crippen molar-refractivity contribution in [2.45, 2.75) is 32.8 Å². The van der Waals surface area contributed by atoms with E-state index in [0.29, 0.717) is 0 Å². The molecule has 1 aromatic heterocycles. The molecular formula is C16H20O2S. The van der Waals surface area contributed by atoms with E-state index in [-0.39, 0.29) is 0 Å². The molecule has 0 saturated heterocycles. The van der Waals surface area contributed by atoms with Crippen molar-refractivity contribution < 1.29 is 9.84 Å². The quantitative estimate of drug-likeness (QED) is 0.895. The predicted molar refractivity (Wildman–Crippen MR) is 80.1 cm³/mol. The lowest BCUT2D eigenvalue weighted by Gasteiger charge is -2.14. The van der Waals surface area contributed by atoms with Gasteiger partial charge in [-0.2, -0.15) is 0 Å². The molecule has 0 aliphatic carbocycles. The van der Waals surface area contributed by atoms with Gasteiger partial charge in [0.15, 0.2) is 0 Å². The minimum Gasteiger partial charge on any atom is -0.495 e. The molecule has 1 N–H and O–H groups in total. The van der Waals surface area contributed by atoms with E-state index in [1.807, 2.05) is 17.5 Å². The highest BCUT2D eigenvalue weighted by Crippen LogP contribution is 2.35. The van der Waals surface area contributed by atoms with Crippen LogP contribution in [0.15, 0.2) is 29.6 Å². The third-order valence-electron chi connectivity index (χ3n) is 3.43. The number of rotatable bonds is 5. The first-order chi connectivity index (χ1) is 9.21. The van der Waals surface area contributed by atoms with Gasteiger partial charge in [0.25, 0.3) is 0 Å². The summed E-state index contributed by atoms with van der Waals surface area (Å²) in [6.07, 6.45) is 1.42. The van der Waals surface area contributed by atoms with Gasteiger partial charge in [-0.1, -0.05) is 32.0 Å². The molecule has 1 heterocycles. The van der Waals surface area contributed by atoms with E-state index in [2.05, 4.69) is 26.0 Å². The summed E-state index contributed by atoms with van der Waals surface area (Å²) >= 11 is 1.53. The molecule has 0 amide bonds. The van der Waals surface area contributed by atoms with Gasteiger partial charge >= 0.3 is 0 Å². The maximum atomic E-state index is 10.5. The number of aryl methyl sites for hydroxylation is 2. The van der Waals surface area contributed by atoms with Crippen molar-refractivity contribution >= 4 is 11.3 Å². The number of ether oxygens (including phenoxy) is 1. The molecular weight excluding hydrogens is 256 g/mol. The fourth-order valence-electron chi connectivity index (χ4n) is 2.32. The second-order valence-corrected chi connectivity index (χ2v) is 5.44. The number of benzene rings is 1. The number of hydrogen-bond acceptors (Lipinski definition) is 3. The Labute approximate surface area is 118 Å². The highest BCUT2D eigenvalue weighted by molar-refractivity contribution is 7.10. The van der Waals surface area contributed by atoms with Crippen LogP contribution in [0, 0.1) is 0 Å². The Kier molecular flexibility index (Phi) is 4.61. The Morgan fingerprint density at radius 3 is 2.53 bits per heavy atom. The Morgan fingerprint density at radius 2 is 1.89 bits per heavy atom. The summed E-state index contributed by atoms with van der Waals surface area (Å²) in [5.74, 6) is 0.759. The van der Waals surface area contributed by atoms with Gasteiger partial charge in [0, 0.05) is 0 Å². The molecule has 0 radical (unpaired) electrons. The standard InChI is InChI=1S/C16H20O2S/c1-4-11-6-7-13(10-12(11)5-2)15(17)16-14(18-3)8-9-19-16/h6-10,15,17H,4-5H2,1-3H3. The first-order valence-electron chi connectivity index (χ1n) is 6.62. The normalized spacial score (nSPS) is 12.4. The van der Waals surface area contributed by atoms with Crippen LogP contribution in [0.4, 0.5) is 0 Å². The van der Waals surface area contributed by atoms with Crippen molar-refractivity contribution in [3.05, 3.63) is 51.2 Å². The zero-order valence-corrected chi connectivity index (χ0v) is 12.5. The van der Waals surface area contributed by atoms with Crippen LogP contribution in [0.2, 0.25) is 0 Å². The summed E-state index contributed by atoms with van der Waals surface area (Å²) in [6, 6.07) is 8.15. The molecule has 0 bridgehead atoms. The number of aliphatic hydroxyl groups is 1. The lowest BCUT2D eigenvalue weighted by Crippen LogP contribution is -2.02. The lowest BCUT2D eigenvalue weighted by molar-refractivity contribution is 0.219. The van der Waals surface area contributed by atoms with Gasteiger partial charge in [-0.15, -0.1) is 11.3 Å². The first-order valence-corrected chi connectivity index (χ1v) is 7.50. The third kappa shape index (κ3) is 2.82. The maximum absolute atomic E-state index is 10.5. The van der Waals surface area contributed by atoms with Gasteiger partial charge in [-0.3, -0.25) is 0 Å². The summed E-state index contributed by atoms with van der Waals surface area (Å²) in [6.45, 7) is 4.31. The van der Waals surface area contributed by atoms with E-state index >= 15 is 0 Å². The summed E-state index contributed by atoms with van der Waals surface area (Å²) in [5.41, 5.74) is 3.61.